The van der Waals surface area contributed by atoms with Crippen molar-refractivity contribution in [3.63, 3.8) is 0 Å². The molecule has 1 aromatic carbocycles. The number of ketones is 1. The first-order valence-electron chi connectivity index (χ1n) is 6.65. The molecule has 4 heteroatoms. The van der Waals surface area contributed by atoms with Crippen molar-refractivity contribution >= 4 is 22.8 Å². The second-order valence-corrected chi connectivity index (χ2v) is 6.95. The molecule has 0 radical (unpaired) electrons. The standard InChI is InChI=1S/C16H20N2OS/c1-16(2,3)14-10-20-15(18-14)9-13(19)8-11-4-6-12(17)7-5-11/h4-7,10H,8-9,17H2,1-3H3. The van der Waals surface area contributed by atoms with Crippen LogP contribution in [0, 0.1) is 0 Å². The maximum absolute atomic E-state index is 12.1. The number of nitrogen functional groups attached to an aromatic ring is 1. The average Bonchev–Trinajstić information content (AvgIpc) is 2.80. The van der Waals surface area contributed by atoms with Crippen LogP contribution in [-0.2, 0) is 23.1 Å². The zero-order chi connectivity index (χ0) is 14.8. The lowest BCUT2D eigenvalue weighted by molar-refractivity contribution is -0.117. The Balaban J connectivity index is 1.98. The van der Waals surface area contributed by atoms with E-state index in [1.54, 1.807) is 11.3 Å². The van der Waals surface area contributed by atoms with Gasteiger partial charge < -0.3 is 5.73 Å². The molecule has 0 aliphatic heterocycles. The Hall–Kier alpha value is -1.68. The van der Waals surface area contributed by atoms with E-state index in [9.17, 15) is 4.79 Å². The molecule has 0 fully saturated rings. The minimum absolute atomic E-state index is 0.0365. The van der Waals surface area contributed by atoms with Gasteiger partial charge in [0.25, 0.3) is 0 Å². The first-order chi connectivity index (χ1) is 9.34. The van der Waals surface area contributed by atoms with Gasteiger partial charge in [-0.05, 0) is 17.7 Å². The summed E-state index contributed by atoms with van der Waals surface area (Å²) in [5, 5.41) is 2.95. The number of thiazole rings is 1. The predicted molar refractivity (Wildman–Crippen MR) is 84.1 cm³/mol. The van der Waals surface area contributed by atoms with Crippen molar-refractivity contribution in [1.29, 1.82) is 0 Å². The van der Waals surface area contributed by atoms with Gasteiger partial charge in [-0.2, -0.15) is 0 Å². The van der Waals surface area contributed by atoms with Gasteiger partial charge in [0, 0.05) is 22.9 Å². The number of aromatic nitrogens is 1. The van der Waals surface area contributed by atoms with Gasteiger partial charge in [0.05, 0.1) is 12.1 Å². The number of hydrogen-bond acceptors (Lipinski definition) is 4. The third-order valence-electron chi connectivity index (χ3n) is 3.05. The van der Waals surface area contributed by atoms with Crippen molar-refractivity contribution in [3.8, 4) is 0 Å². The van der Waals surface area contributed by atoms with Crippen molar-refractivity contribution in [2.24, 2.45) is 0 Å². The Labute approximate surface area is 123 Å². The molecule has 20 heavy (non-hydrogen) atoms. The van der Waals surface area contributed by atoms with Gasteiger partial charge in [-0.1, -0.05) is 32.9 Å². The maximum atomic E-state index is 12.1. The summed E-state index contributed by atoms with van der Waals surface area (Å²) in [5.74, 6) is 0.185. The van der Waals surface area contributed by atoms with Crippen LogP contribution in [0.25, 0.3) is 0 Å². The van der Waals surface area contributed by atoms with Crippen LogP contribution in [0.2, 0.25) is 0 Å². The van der Waals surface area contributed by atoms with E-state index in [-0.39, 0.29) is 11.2 Å². The molecule has 0 saturated heterocycles. The number of anilines is 1. The summed E-state index contributed by atoms with van der Waals surface area (Å²) in [6.07, 6.45) is 0.843. The van der Waals surface area contributed by atoms with Gasteiger partial charge in [-0.15, -0.1) is 11.3 Å². The fraction of sp³-hybridized carbons (Fsp3) is 0.375. The zero-order valence-corrected chi connectivity index (χ0v) is 13.0. The lowest BCUT2D eigenvalue weighted by atomic mass is 9.93. The molecule has 2 rings (SSSR count). The number of Topliss-reactive ketones (excluding diaryl/α,β-unsaturated/α-hetero) is 1. The van der Waals surface area contributed by atoms with E-state index < -0.39 is 0 Å². The summed E-state index contributed by atoms with van der Waals surface area (Å²) in [5.41, 5.74) is 8.44. The van der Waals surface area contributed by atoms with Crippen molar-refractivity contribution in [2.75, 3.05) is 5.73 Å². The fourth-order valence-corrected chi connectivity index (χ4v) is 2.88. The molecule has 1 aromatic heterocycles. The number of nitrogens with two attached hydrogens (primary N) is 1. The number of rotatable bonds is 4. The van der Waals surface area contributed by atoms with Crippen LogP contribution in [0.5, 0.6) is 0 Å². The third-order valence-corrected chi connectivity index (χ3v) is 3.90. The van der Waals surface area contributed by atoms with Gasteiger partial charge in [0.1, 0.15) is 10.8 Å². The molecule has 0 aliphatic carbocycles. The second-order valence-electron chi connectivity index (χ2n) is 6.01. The Morgan fingerprint density at radius 1 is 1.20 bits per heavy atom. The average molecular weight is 288 g/mol. The molecular formula is C16H20N2OS. The van der Waals surface area contributed by atoms with Crippen LogP contribution in [-0.4, -0.2) is 10.8 Å². The molecule has 0 spiro atoms. The maximum Gasteiger partial charge on any atom is 0.144 e. The molecule has 106 valence electrons. The largest absolute Gasteiger partial charge is 0.399 e. The number of carbonyl (C=O) groups excluding carboxylic acids is 1. The van der Waals surface area contributed by atoms with Crippen molar-refractivity contribution in [1.82, 2.24) is 4.98 Å². The Bertz CT molecular complexity index is 594. The van der Waals surface area contributed by atoms with E-state index in [0.29, 0.717) is 12.8 Å². The second kappa shape index (κ2) is 5.75. The van der Waals surface area contributed by atoms with Gasteiger partial charge in [-0.25, -0.2) is 4.98 Å². The molecule has 0 amide bonds. The fourth-order valence-electron chi connectivity index (χ4n) is 1.83. The summed E-state index contributed by atoms with van der Waals surface area (Å²) in [6.45, 7) is 6.38. The molecule has 0 saturated carbocycles. The van der Waals surface area contributed by atoms with Gasteiger partial charge in [-0.3, -0.25) is 4.79 Å². The zero-order valence-electron chi connectivity index (χ0n) is 12.1. The Morgan fingerprint density at radius 3 is 2.40 bits per heavy atom. The number of nitrogens with zero attached hydrogens (tertiary/aromatic N) is 1. The number of hydrogen-bond donors (Lipinski definition) is 1. The van der Waals surface area contributed by atoms with Crippen LogP contribution in [0.1, 0.15) is 37.0 Å². The lowest BCUT2D eigenvalue weighted by Crippen LogP contribution is -2.12. The summed E-state index contributed by atoms with van der Waals surface area (Å²) in [6, 6.07) is 7.44. The van der Waals surface area contributed by atoms with Crippen molar-refractivity contribution in [3.05, 3.63) is 45.9 Å². The quantitative estimate of drug-likeness (QED) is 0.877. The predicted octanol–water partition coefficient (Wildman–Crippen LogP) is 3.38. The Kier molecular flexibility index (Phi) is 4.23. The summed E-state index contributed by atoms with van der Waals surface area (Å²) in [4.78, 5) is 16.6. The molecule has 3 nitrogen and oxygen atoms in total. The highest BCUT2D eigenvalue weighted by Gasteiger charge is 2.18. The summed E-state index contributed by atoms with van der Waals surface area (Å²) in [7, 11) is 0. The molecule has 0 bridgehead atoms. The van der Waals surface area contributed by atoms with E-state index in [0.717, 1.165) is 22.0 Å². The molecule has 0 atom stereocenters. The van der Waals surface area contributed by atoms with Gasteiger partial charge >= 0.3 is 0 Å². The lowest BCUT2D eigenvalue weighted by Gasteiger charge is -2.14. The van der Waals surface area contributed by atoms with Crippen LogP contribution in [0.3, 0.4) is 0 Å². The van der Waals surface area contributed by atoms with Crippen LogP contribution in [0.15, 0.2) is 29.6 Å². The first kappa shape index (κ1) is 14.7. The third kappa shape index (κ3) is 3.90. The minimum atomic E-state index is 0.0365. The molecule has 1 heterocycles. The topological polar surface area (TPSA) is 56.0 Å². The molecule has 2 N–H and O–H groups in total. The van der Waals surface area contributed by atoms with E-state index >= 15 is 0 Å². The molecule has 0 aliphatic rings. The summed E-state index contributed by atoms with van der Waals surface area (Å²) < 4.78 is 0. The number of carbonyl (C=O) groups is 1. The van der Waals surface area contributed by atoms with E-state index in [1.807, 2.05) is 29.6 Å². The summed E-state index contributed by atoms with van der Waals surface area (Å²) >= 11 is 1.57. The van der Waals surface area contributed by atoms with Crippen LogP contribution >= 0.6 is 11.3 Å². The highest BCUT2D eigenvalue weighted by molar-refractivity contribution is 7.09. The minimum Gasteiger partial charge on any atom is -0.399 e. The number of benzene rings is 1. The van der Waals surface area contributed by atoms with Gasteiger partial charge in [0.15, 0.2) is 0 Å². The van der Waals surface area contributed by atoms with E-state index in [4.69, 9.17) is 5.73 Å². The SMILES string of the molecule is CC(C)(C)c1csc(CC(=O)Cc2ccc(N)cc2)n1. The smallest absolute Gasteiger partial charge is 0.144 e. The first-order valence-corrected chi connectivity index (χ1v) is 7.53. The van der Waals surface area contributed by atoms with Gasteiger partial charge in [0.2, 0.25) is 0 Å². The Morgan fingerprint density at radius 2 is 1.85 bits per heavy atom. The molecule has 2 aromatic rings. The van der Waals surface area contributed by atoms with Crippen molar-refractivity contribution in [2.45, 2.75) is 39.0 Å². The normalized spacial score (nSPS) is 11.6. The monoisotopic (exact) mass is 288 g/mol. The highest BCUT2D eigenvalue weighted by atomic mass is 32.1. The molecule has 0 unspecified atom stereocenters. The van der Waals surface area contributed by atoms with Crippen LogP contribution < -0.4 is 5.73 Å². The van der Waals surface area contributed by atoms with E-state index in [2.05, 4.69) is 25.8 Å². The highest BCUT2D eigenvalue weighted by Crippen LogP contribution is 2.24. The van der Waals surface area contributed by atoms with Crippen molar-refractivity contribution < 1.29 is 4.79 Å². The molecular weight excluding hydrogens is 268 g/mol. The van der Waals surface area contributed by atoms with Crippen LogP contribution in [0.4, 0.5) is 5.69 Å². The van der Waals surface area contributed by atoms with E-state index in [1.165, 1.54) is 0 Å².